The van der Waals surface area contributed by atoms with Crippen molar-refractivity contribution in [2.24, 2.45) is 0 Å². The van der Waals surface area contributed by atoms with Crippen molar-refractivity contribution in [3.8, 4) is 5.97 Å². The van der Waals surface area contributed by atoms with E-state index >= 15 is 0 Å². The van der Waals surface area contributed by atoms with E-state index in [-0.39, 0.29) is 6.71 Å². The number of carboxylic acids is 1. The van der Waals surface area contributed by atoms with E-state index in [2.05, 4.69) is 5.97 Å². The number of rotatable bonds is 2. The molecule has 0 spiro atoms. The van der Waals surface area contributed by atoms with Crippen LogP contribution in [0, 0.1) is 18.2 Å². The molecule has 0 radical (unpaired) electrons. The van der Waals surface area contributed by atoms with Crippen molar-refractivity contribution >= 4 is 24.0 Å². The van der Waals surface area contributed by atoms with E-state index in [9.17, 15) is 4.79 Å². The van der Waals surface area contributed by atoms with E-state index in [1.54, 1.807) is 0 Å². The number of carboxylic acid groups (broad SMARTS) is 1. The zero-order valence-electron chi connectivity index (χ0n) is 11.3. The van der Waals surface area contributed by atoms with Crippen LogP contribution in [0.3, 0.4) is 0 Å². The molecule has 0 saturated heterocycles. The largest absolute Gasteiger partial charge is 0.477 e. The van der Waals surface area contributed by atoms with Gasteiger partial charge in [-0.25, -0.2) is 10.1 Å². The lowest BCUT2D eigenvalue weighted by Gasteiger charge is -2.07. The van der Waals surface area contributed by atoms with E-state index in [1.807, 2.05) is 27.6 Å². The van der Waals surface area contributed by atoms with E-state index in [0.29, 0.717) is 10.7 Å². The van der Waals surface area contributed by atoms with Crippen LogP contribution in [0.4, 0.5) is 0 Å². The van der Waals surface area contributed by atoms with Crippen LogP contribution in [0.2, 0.25) is 12.6 Å². The van der Waals surface area contributed by atoms with E-state index < -0.39 is 5.97 Å². The van der Waals surface area contributed by atoms with Gasteiger partial charge in [-0.1, -0.05) is 20.7 Å². The van der Waals surface area contributed by atoms with Crippen molar-refractivity contribution in [2.75, 3.05) is 0 Å². The van der Waals surface area contributed by atoms with Crippen molar-refractivity contribution in [1.82, 2.24) is 0 Å². The summed E-state index contributed by atoms with van der Waals surface area (Å²) < 4.78 is 0. The van der Waals surface area contributed by atoms with Crippen LogP contribution in [0.1, 0.15) is 39.5 Å². The molecule has 0 saturated carbocycles. The van der Waals surface area contributed by atoms with Crippen LogP contribution in [0.15, 0.2) is 0 Å². The van der Waals surface area contributed by atoms with Gasteiger partial charge in [0.25, 0.3) is 6.71 Å². The summed E-state index contributed by atoms with van der Waals surface area (Å²) in [5, 5.41) is 17.9. The van der Waals surface area contributed by atoms with Gasteiger partial charge in [-0.15, -0.1) is 11.3 Å². The Morgan fingerprint density at radius 3 is 2.56 bits per heavy atom. The average Bonchev–Trinajstić information content (AvgIpc) is 2.91. The monoisotopic (exact) mass is 263 g/mol. The first kappa shape index (κ1) is 14.8. The highest BCUT2D eigenvalue weighted by atomic mass is 32.1. The summed E-state index contributed by atoms with van der Waals surface area (Å²) in [5.41, 5.74) is 2.08. The molecule has 1 heterocycles. The molecule has 0 amide bonds. The highest BCUT2D eigenvalue weighted by Crippen LogP contribution is 2.40. The summed E-state index contributed by atoms with van der Waals surface area (Å²) >= 11 is 1.38. The summed E-state index contributed by atoms with van der Waals surface area (Å²) in [5.74, 6) is 1.81. The van der Waals surface area contributed by atoms with Gasteiger partial charge in [0.2, 0.25) is 0 Å². The molecule has 1 unspecified atom stereocenters. The fraction of sp³-hybridized carbons (Fsp3) is 0.538. The highest BCUT2D eigenvalue weighted by Gasteiger charge is 2.33. The summed E-state index contributed by atoms with van der Waals surface area (Å²) in [6.07, 6.45) is 1.72. The minimum Gasteiger partial charge on any atom is -0.477 e. The van der Waals surface area contributed by atoms with Crippen molar-refractivity contribution in [1.29, 1.82) is 5.26 Å². The Hall–Kier alpha value is -1.28. The maximum atomic E-state index is 11.0. The molecule has 2 rings (SSSR count). The van der Waals surface area contributed by atoms with Gasteiger partial charge >= 0.3 is 5.97 Å². The molecule has 18 heavy (non-hydrogen) atoms. The number of hydrogen-bond donors (Lipinski definition) is 1. The molecule has 96 valence electrons. The Bertz CT molecular complexity index is 490. The van der Waals surface area contributed by atoms with Crippen LogP contribution in [-0.2, 0) is 12.8 Å². The topological polar surface area (TPSA) is 61.1 Å². The average molecular weight is 263 g/mol. The van der Waals surface area contributed by atoms with Gasteiger partial charge in [-0.05, 0) is 36.7 Å². The summed E-state index contributed by atoms with van der Waals surface area (Å²) in [6, 6.07) is 0. The molecule has 1 N–H and O–H groups in total. The van der Waals surface area contributed by atoms with E-state index in [4.69, 9.17) is 10.4 Å². The lowest BCUT2D eigenvalue weighted by atomic mass is 9.43. The Morgan fingerprint density at radius 2 is 2.11 bits per heavy atom. The molecule has 1 aliphatic carbocycles. The summed E-state index contributed by atoms with van der Waals surface area (Å²) in [6.45, 7) is 7.86. The number of hydrogen-bond acceptors (Lipinski definition) is 3. The number of carbonyl (C=O) groups is 1. The highest BCUT2D eigenvalue weighted by molar-refractivity contribution is 7.14. The Labute approximate surface area is 113 Å². The summed E-state index contributed by atoms with van der Waals surface area (Å²) in [4.78, 5) is 12.6. The van der Waals surface area contributed by atoms with E-state index in [1.165, 1.54) is 21.8 Å². The van der Waals surface area contributed by atoms with Crippen LogP contribution >= 0.6 is 11.3 Å². The van der Waals surface area contributed by atoms with Gasteiger partial charge in [-0.3, -0.25) is 0 Å². The second-order valence-electron chi connectivity index (χ2n) is 4.35. The fourth-order valence-corrected chi connectivity index (χ4v) is 3.54. The molecule has 0 fully saturated rings. The predicted molar refractivity (Wildman–Crippen MR) is 75.8 cm³/mol. The quantitative estimate of drug-likeness (QED) is 0.831. The number of fused-ring (bicyclic) bond motifs is 1. The molecular weight excluding hydrogens is 245 g/mol. The van der Waals surface area contributed by atoms with Crippen molar-refractivity contribution in [2.45, 2.75) is 46.3 Å². The normalized spacial score (nSPS) is 16.3. The Morgan fingerprint density at radius 1 is 1.50 bits per heavy atom. The first-order chi connectivity index (χ1) is 8.54. The Balaban J connectivity index is 0.000000771. The number of thiophene rings is 1. The molecule has 1 aromatic heterocycles. The predicted octanol–water partition coefficient (Wildman–Crippen LogP) is 3.44. The summed E-state index contributed by atoms with van der Waals surface area (Å²) in [7, 11) is 0. The third-order valence-electron chi connectivity index (χ3n) is 3.37. The molecular formula is C13H18BNO2S. The molecule has 1 aromatic rings. The molecule has 1 atom stereocenters. The van der Waals surface area contributed by atoms with Gasteiger partial charge in [0.1, 0.15) is 4.88 Å². The molecule has 3 nitrogen and oxygen atoms in total. The van der Waals surface area contributed by atoms with Crippen molar-refractivity contribution in [3.63, 3.8) is 0 Å². The van der Waals surface area contributed by atoms with E-state index in [0.717, 1.165) is 18.4 Å². The first-order valence-corrected chi connectivity index (χ1v) is 7.10. The fourth-order valence-electron chi connectivity index (χ4n) is 2.27. The molecule has 0 aliphatic heterocycles. The maximum absolute atomic E-state index is 11.0. The standard InChI is InChI=1S/C11H12BNO2S.C2H6/c1-6-8-3-7(12(2)5-13)4-9(8)16-10(6)11(14)15;1-2/h7H,3-4H2,1-2H3,(H,14,15);1-2H3. The maximum Gasteiger partial charge on any atom is 0.346 e. The van der Waals surface area contributed by atoms with Crippen LogP contribution in [0.25, 0.3) is 0 Å². The smallest absolute Gasteiger partial charge is 0.346 e. The molecule has 0 aromatic carbocycles. The van der Waals surface area contributed by atoms with Crippen molar-refractivity contribution < 1.29 is 9.90 Å². The molecule has 1 aliphatic rings. The third-order valence-corrected chi connectivity index (χ3v) is 4.72. The lowest BCUT2D eigenvalue weighted by Crippen LogP contribution is -2.15. The second-order valence-corrected chi connectivity index (χ2v) is 5.45. The molecule has 0 bridgehead atoms. The minimum atomic E-state index is -0.832. The van der Waals surface area contributed by atoms with Crippen LogP contribution < -0.4 is 0 Å². The SMILES string of the molecule is CB(C#N)C1Cc2sc(C(=O)O)c(C)c2C1.CC. The zero-order chi connectivity index (χ0) is 13.9. The molecule has 5 heteroatoms. The van der Waals surface area contributed by atoms with Gasteiger partial charge in [0, 0.05) is 10.8 Å². The number of nitrogens with zero attached hydrogens (tertiary/aromatic N) is 1. The minimum absolute atomic E-state index is 0.0484. The second kappa shape index (κ2) is 6.06. The number of nitriles is 1. The van der Waals surface area contributed by atoms with Crippen LogP contribution in [0.5, 0.6) is 0 Å². The first-order valence-electron chi connectivity index (χ1n) is 6.28. The van der Waals surface area contributed by atoms with Crippen LogP contribution in [-0.4, -0.2) is 17.8 Å². The third kappa shape index (κ3) is 2.59. The lowest BCUT2D eigenvalue weighted by molar-refractivity contribution is 0.0701. The van der Waals surface area contributed by atoms with Gasteiger partial charge < -0.3 is 5.11 Å². The van der Waals surface area contributed by atoms with Crippen molar-refractivity contribution in [3.05, 3.63) is 20.9 Å². The van der Waals surface area contributed by atoms with Gasteiger partial charge in [-0.2, -0.15) is 0 Å². The van der Waals surface area contributed by atoms with Gasteiger partial charge in [0.05, 0.1) is 0 Å². The zero-order valence-corrected chi connectivity index (χ0v) is 12.1. The van der Waals surface area contributed by atoms with Gasteiger partial charge in [0.15, 0.2) is 0 Å². The number of aromatic carboxylic acids is 1. The Kier molecular flexibility index (Phi) is 4.98.